The average Bonchev–Trinajstić information content (AvgIpc) is 3.01. The molecule has 11 heteroatoms. The molecule has 1 aliphatic rings. The number of hydrogen-bond donors (Lipinski definition) is 7. The quantitative estimate of drug-likeness (QED) is 0.117. The van der Waals surface area contributed by atoms with E-state index in [4.69, 9.17) is 5.11 Å². The van der Waals surface area contributed by atoms with Crippen molar-refractivity contribution in [3.63, 3.8) is 0 Å². The van der Waals surface area contributed by atoms with Gasteiger partial charge in [0, 0.05) is 57.9 Å². The normalized spacial score (nSPS) is 20.1. The summed E-state index contributed by atoms with van der Waals surface area (Å²) in [6.07, 6.45) is 2.68. The minimum absolute atomic E-state index is 0.0549. The zero-order valence-electron chi connectivity index (χ0n) is 27.6. The number of amides is 1. The topological polar surface area (TPSA) is 202 Å². The van der Waals surface area contributed by atoms with Gasteiger partial charge in [0.25, 0.3) is 5.91 Å². The molecule has 0 fully saturated rings. The molecule has 46 heavy (non-hydrogen) atoms. The van der Waals surface area contributed by atoms with E-state index in [2.05, 4.69) is 5.32 Å². The summed E-state index contributed by atoms with van der Waals surface area (Å²) in [7, 11) is 0. The van der Waals surface area contributed by atoms with E-state index in [9.17, 15) is 44.7 Å². The van der Waals surface area contributed by atoms with Gasteiger partial charge in [0.2, 0.25) is 5.78 Å². The van der Waals surface area contributed by atoms with Crippen LogP contribution in [0.4, 0.5) is 0 Å². The summed E-state index contributed by atoms with van der Waals surface area (Å²) >= 11 is 0. The largest absolute Gasteiger partial charge is 0.508 e. The molecular formula is C35H47NO10. The Morgan fingerprint density at radius 1 is 0.783 bits per heavy atom. The van der Waals surface area contributed by atoms with Gasteiger partial charge in [-0.1, -0.05) is 58.9 Å². The number of carbonyl (C=O) groups excluding carboxylic acids is 3. The fourth-order valence-electron chi connectivity index (χ4n) is 5.47. The molecule has 0 saturated heterocycles. The molecule has 2 rings (SSSR count). The van der Waals surface area contributed by atoms with Crippen LogP contribution in [-0.2, 0) is 9.59 Å². The van der Waals surface area contributed by atoms with E-state index in [0.717, 1.165) is 6.08 Å². The molecule has 252 valence electrons. The molecule has 11 nitrogen and oxygen atoms in total. The predicted octanol–water partition coefficient (Wildman–Crippen LogP) is 3.24. The lowest BCUT2D eigenvalue weighted by Gasteiger charge is -2.36. The van der Waals surface area contributed by atoms with Crippen molar-refractivity contribution in [2.45, 2.75) is 79.8 Å². The first-order chi connectivity index (χ1) is 21.3. The Morgan fingerprint density at radius 3 is 1.85 bits per heavy atom. The predicted molar refractivity (Wildman–Crippen MR) is 172 cm³/mol. The maximum Gasteiger partial charge on any atom is 0.330 e. The molecule has 0 saturated carbocycles. The van der Waals surface area contributed by atoms with Crippen LogP contribution in [0.15, 0.2) is 59.4 Å². The van der Waals surface area contributed by atoms with E-state index in [1.165, 1.54) is 38.1 Å². The van der Waals surface area contributed by atoms with Crippen LogP contribution < -0.4 is 5.32 Å². The lowest BCUT2D eigenvalue weighted by atomic mass is 9.77. The van der Waals surface area contributed by atoms with Gasteiger partial charge in [-0.2, -0.15) is 0 Å². The van der Waals surface area contributed by atoms with Gasteiger partial charge in [0.15, 0.2) is 5.78 Å². The summed E-state index contributed by atoms with van der Waals surface area (Å²) in [5, 5.41) is 65.0. The SMILES string of the molecule is CC(=CC(C)C(O)C(C)C(O)C(C)C(O)C(C)C(O)C(C)C=CC=C(C)C(=O)NC1=CC(=O)c2cc(O)c(C)cc2C1=O)C(=O)O. The second kappa shape index (κ2) is 16.1. The number of aliphatic carboxylic acids is 1. The summed E-state index contributed by atoms with van der Waals surface area (Å²) in [5.41, 5.74) is 0.658. The Labute approximate surface area is 269 Å². The van der Waals surface area contributed by atoms with E-state index in [0.29, 0.717) is 5.56 Å². The van der Waals surface area contributed by atoms with Crippen molar-refractivity contribution in [2.75, 3.05) is 0 Å². The van der Waals surface area contributed by atoms with Crippen molar-refractivity contribution in [1.82, 2.24) is 5.32 Å². The smallest absolute Gasteiger partial charge is 0.330 e. The number of hydrogen-bond acceptors (Lipinski definition) is 9. The minimum atomic E-state index is -1.15. The highest BCUT2D eigenvalue weighted by Crippen LogP contribution is 2.30. The van der Waals surface area contributed by atoms with Crippen molar-refractivity contribution < 1.29 is 49.8 Å². The Bertz CT molecular complexity index is 1460. The first kappa shape index (κ1) is 38.3. The van der Waals surface area contributed by atoms with Crippen LogP contribution in [0.1, 0.15) is 74.7 Å². The van der Waals surface area contributed by atoms with Gasteiger partial charge in [-0.3, -0.25) is 14.4 Å². The third-order valence-corrected chi connectivity index (χ3v) is 8.89. The fourth-order valence-corrected chi connectivity index (χ4v) is 5.47. The van der Waals surface area contributed by atoms with Crippen LogP contribution in [0.2, 0.25) is 0 Å². The molecule has 0 aliphatic heterocycles. The van der Waals surface area contributed by atoms with Gasteiger partial charge >= 0.3 is 5.97 Å². The van der Waals surface area contributed by atoms with Crippen molar-refractivity contribution >= 4 is 23.4 Å². The lowest BCUT2D eigenvalue weighted by Crippen LogP contribution is -2.45. The van der Waals surface area contributed by atoms with Gasteiger partial charge in [-0.05, 0) is 38.5 Å². The van der Waals surface area contributed by atoms with Crippen LogP contribution in [0.25, 0.3) is 0 Å². The molecule has 0 bridgehead atoms. The highest BCUT2D eigenvalue weighted by Gasteiger charge is 2.37. The number of phenolic OH excluding ortho intramolecular Hbond substituents is 1. The van der Waals surface area contributed by atoms with E-state index < -0.39 is 77.4 Å². The maximum atomic E-state index is 12.9. The number of carbonyl (C=O) groups is 4. The third-order valence-electron chi connectivity index (χ3n) is 8.89. The Morgan fingerprint density at radius 2 is 1.30 bits per heavy atom. The molecule has 7 N–H and O–H groups in total. The number of ketones is 2. The standard InChI is InChI=1S/C35H47NO10/c1-16(29(39)21(6)31(41)23(8)32(42)22(7)30(40)19(4)12-20(5)35(45)46)10-9-11-17(2)34(44)36-26-15-28(38)24-14-27(37)18(3)13-25(24)33(26)43/h9-16,19,21-23,29-32,37,39-42H,1-8H3,(H,36,44)(H,45,46). The van der Waals surface area contributed by atoms with Crippen LogP contribution in [0.5, 0.6) is 5.75 Å². The van der Waals surface area contributed by atoms with Crippen molar-refractivity contribution in [3.05, 3.63) is 76.0 Å². The van der Waals surface area contributed by atoms with E-state index in [-0.39, 0.29) is 33.7 Å². The molecule has 0 aromatic heterocycles. The number of aryl methyl sites for hydroxylation is 1. The molecule has 1 aliphatic carbocycles. The molecule has 9 unspecified atom stereocenters. The Hall–Kier alpha value is -3.90. The Balaban J connectivity index is 2.02. The van der Waals surface area contributed by atoms with E-state index in [1.54, 1.807) is 53.7 Å². The monoisotopic (exact) mass is 641 g/mol. The second-order valence-electron chi connectivity index (χ2n) is 12.5. The molecule has 1 amide bonds. The minimum Gasteiger partial charge on any atom is -0.508 e. The first-order valence-corrected chi connectivity index (χ1v) is 15.2. The number of aromatic hydroxyl groups is 1. The van der Waals surface area contributed by atoms with Gasteiger partial charge in [-0.15, -0.1) is 0 Å². The maximum absolute atomic E-state index is 12.9. The number of nitrogens with one attached hydrogen (secondary N) is 1. The van der Waals surface area contributed by atoms with Gasteiger partial charge in [0.1, 0.15) is 5.75 Å². The molecule has 9 atom stereocenters. The molecule has 0 heterocycles. The average molecular weight is 642 g/mol. The zero-order chi connectivity index (χ0) is 35.2. The molecule has 1 aromatic carbocycles. The summed E-state index contributed by atoms with van der Waals surface area (Å²) in [6, 6.07) is 2.63. The number of rotatable bonds is 14. The molecule has 1 aromatic rings. The number of allylic oxidation sites excluding steroid dienone is 4. The highest BCUT2D eigenvalue weighted by molar-refractivity contribution is 6.25. The van der Waals surface area contributed by atoms with Crippen LogP contribution in [-0.4, -0.2) is 78.5 Å². The van der Waals surface area contributed by atoms with Crippen molar-refractivity contribution in [3.8, 4) is 5.75 Å². The summed E-state index contributed by atoms with van der Waals surface area (Å²) < 4.78 is 0. The van der Waals surface area contributed by atoms with Gasteiger partial charge in [0.05, 0.1) is 30.1 Å². The van der Waals surface area contributed by atoms with Gasteiger partial charge < -0.3 is 36.0 Å². The second-order valence-corrected chi connectivity index (χ2v) is 12.5. The van der Waals surface area contributed by atoms with E-state index >= 15 is 0 Å². The number of benzene rings is 1. The lowest BCUT2D eigenvalue weighted by molar-refractivity contribution is -0.132. The van der Waals surface area contributed by atoms with E-state index in [1.807, 2.05) is 0 Å². The number of fused-ring (bicyclic) bond motifs is 1. The first-order valence-electron chi connectivity index (χ1n) is 15.2. The van der Waals surface area contributed by atoms with Crippen LogP contribution in [0.3, 0.4) is 0 Å². The van der Waals surface area contributed by atoms with Crippen LogP contribution >= 0.6 is 0 Å². The van der Waals surface area contributed by atoms with Crippen molar-refractivity contribution in [1.29, 1.82) is 0 Å². The number of Topliss-reactive ketones (excluding diaryl/α,β-unsaturated/α-hetero) is 1. The molecular weight excluding hydrogens is 594 g/mol. The van der Waals surface area contributed by atoms with Gasteiger partial charge in [-0.25, -0.2) is 4.79 Å². The third kappa shape index (κ3) is 9.10. The summed E-state index contributed by atoms with van der Waals surface area (Å²) in [6.45, 7) is 12.7. The molecule has 0 radical (unpaired) electrons. The number of carboxylic acids is 1. The zero-order valence-corrected chi connectivity index (χ0v) is 27.6. The van der Waals surface area contributed by atoms with Crippen molar-refractivity contribution in [2.24, 2.45) is 29.6 Å². The number of phenols is 1. The summed E-state index contributed by atoms with van der Waals surface area (Å²) in [5.74, 6) is -6.08. The Kier molecular flexibility index (Phi) is 13.4. The number of aliphatic hydroxyl groups excluding tert-OH is 4. The number of aliphatic hydroxyl groups is 4. The summed E-state index contributed by atoms with van der Waals surface area (Å²) in [4.78, 5) is 49.2. The number of carboxylic acid groups (broad SMARTS) is 1. The fraction of sp³-hybridized carbons (Fsp3) is 0.486. The molecule has 0 spiro atoms. The van der Waals surface area contributed by atoms with Crippen LogP contribution in [0, 0.1) is 36.5 Å². The highest BCUT2D eigenvalue weighted by atomic mass is 16.4.